The van der Waals surface area contributed by atoms with Gasteiger partial charge in [0, 0.05) is 12.8 Å². The molecule has 0 heterocycles. The first-order valence-electron chi connectivity index (χ1n) is 6.04. The van der Waals surface area contributed by atoms with Gasteiger partial charge in [0.2, 0.25) is 0 Å². The third-order valence-corrected chi connectivity index (χ3v) is 2.86. The Labute approximate surface area is 107 Å². The largest absolute Gasteiger partial charge is 0.385 e. The number of Topliss-reactive ketones (excluding diaryl/α,β-unsaturated/α-hetero) is 1. The Bertz CT molecular complexity index is 491. The molecule has 1 N–H and O–H groups in total. The van der Waals surface area contributed by atoms with E-state index < -0.39 is 6.10 Å². The van der Waals surface area contributed by atoms with Crippen molar-refractivity contribution >= 4 is 5.78 Å². The van der Waals surface area contributed by atoms with E-state index in [2.05, 4.69) is 0 Å². The molecule has 18 heavy (non-hydrogen) atoms. The first-order valence-corrected chi connectivity index (χ1v) is 6.04. The highest BCUT2D eigenvalue weighted by molar-refractivity contribution is 5.85. The third kappa shape index (κ3) is 3.54. The molecule has 2 nitrogen and oxygen atoms in total. The highest BCUT2D eigenvalue weighted by Crippen LogP contribution is 2.07. The van der Waals surface area contributed by atoms with Gasteiger partial charge in [-0.1, -0.05) is 60.7 Å². The molecule has 1 atom stereocenters. The lowest BCUT2D eigenvalue weighted by Crippen LogP contribution is -2.24. The summed E-state index contributed by atoms with van der Waals surface area (Å²) in [6, 6.07) is 19.1. The Balaban J connectivity index is 1.93. The van der Waals surface area contributed by atoms with E-state index in [0.29, 0.717) is 6.42 Å². The van der Waals surface area contributed by atoms with Crippen LogP contribution in [0.2, 0.25) is 0 Å². The minimum atomic E-state index is -0.924. The molecule has 2 heteroatoms. The molecule has 92 valence electrons. The molecule has 1 unspecified atom stereocenters. The Morgan fingerprint density at radius 3 is 1.94 bits per heavy atom. The van der Waals surface area contributed by atoms with Gasteiger partial charge in [0.05, 0.1) is 0 Å². The van der Waals surface area contributed by atoms with Crippen LogP contribution in [0.3, 0.4) is 0 Å². The van der Waals surface area contributed by atoms with Gasteiger partial charge in [-0.3, -0.25) is 4.79 Å². The van der Waals surface area contributed by atoms with E-state index in [0.717, 1.165) is 11.1 Å². The average molecular weight is 240 g/mol. The lowest BCUT2D eigenvalue weighted by atomic mass is 10.0. The molecule has 0 radical (unpaired) electrons. The predicted octanol–water partition coefficient (Wildman–Crippen LogP) is 2.40. The summed E-state index contributed by atoms with van der Waals surface area (Å²) >= 11 is 0. The standard InChI is InChI=1S/C16H16O2/c17-15(11-13-7-3-1-4-8-13)16(18)12-14-9-5-2-6-10-14/h1-10,15,17H,11-12H2. The molecule has 2 aromatic rings. The van der Waals surface area contributed by atoms with E-state index in [9.17, 15) is 9.90 Å². The molecule has 0 aliphatic rings. The van der Waals surface area contributed by atoms with Gasteiger partial charge < -0.3 is 5.11 Å². The van der Waals surface area contributed by atoms with Gasteiger partial charge in [0.1, 0.15) is 6.10 Å². The third-order valence-electron chi connectivity index (χ3n) is 2.86. The summed E-state index contributed by atoms with van der Waals surface area (Å²) in [6.07, 6.45) is -0.256. The SMILES string of the molecule is O=C(Cc1ccccc1)C(O)Cc1ccccc1. The molecule has 0 aliphatic carbocycles. The number of hydrogen-bond donors (Lipinski definition) is 1. The van der Waals surface area contributed by atoms with Crippen molar-refractivity contribution in [1.29, 1.82) is 0 Å². The number of rotatable bonds is 5. The molecule has 0 saturated heterocycles. The van der Waals surface area contributed by atoms with Crippen LogP contribution in [0.1, 0.15) is 11.1 Å². The molecule has 2 aromatic carbocycles. The molecule has 0 aliphatic heterocycles. The zero-order valence-electron chi connectivity index (χ0n) is 10.1. The number of carbonyl (C=O) groups is 1. The second kappa shape index (κ2) is 6.12. The van der Waals surface area contributed by atoms with Crippen LogP contribution in [0.4, 0.5) is 0 Å². The normalized spacial score (nSPS) is 12.1. The lowest BCUT2D eigenvalue weighted by Gasteiger charge is -2.09. The Hall–Kier alpha value is -1.93. The number of carbonyl (C=O) groups excluding carboxylic acids is 1. The lowest BCUT2D eigenvalue weighted by molar-refractivity contribution is -0.126. The van der Waals surface area contributed by atoms with Gasteiger partial charge in [-0.25, -0.2) is 0 Å². The van der Waals surface area contributed by atoms with Crippen LogP contribution in [-0.2, 0) is 17.6 Å². The zero-order chi connectivity index (χ0) is 12.8. The molecule has 2 rings (SSSR count). The maximum atomic E-state index is 11.9. The molecule has 0 aromatic heterocycles. The van der Waals surface area contributed by atoms with Crippen molar-refractivity contribution in [3.05, 3.63) is 71.8 Å². The predicted molar refractivity (Wildman–Crippen MR) is 71.3 cm³/mol. The van der Waals surface area contributed by atoms with Crippen molar-refractivity contribution in [1.82, 2.24) is 0 Å². The molecule has 0 bridgehead atoms. The first kappa shape index (κ1) is 12.5. The van der Waals surface area contributed by atoms with Gasteiger partial charge in [-0.2, -0.15) is 0 Å². The van der Waals surface area contributed by atoms with E-state index in [1.807, 2.05) is 60.7 Å². The summed E-state index contributed by atoms with van der Waals surface area (Å²) < 4.78 is 0. The summed E-state index contributed by atoms with van der Waals surface area (Å²) in [5, 5.41) is 9.88. The van der Waals surface area contributed by atoms with E-state index in [-0.39, 0.29) is 12.2 Å². The Morgan fingerprint density at radius 2 is 1.39 bits per heavy atom. The number of hydrogen-bond acceptors (Lipinski definition) is 2. The fourth-order valence-electron chi connectivity index (χ4n) is 1.87. The average Bonchev–Trinajstić information content (AvgIpc) is 2.41. The van der Waals surface area contributed by atoms with Crippen molar-refractivity contribution in [2.24, 2.45) is 0 Å². The monoisotopic (exact) mass is 240 g/mol. The van der Waals surface area contributed by atoms with Crippen LogP contribution in [0.15, 0.2) is 60.7 Å². The number of ketones is 1. The number of aliphatic hydroxyl groups excluding tert-OH is 1. The van der Waals surface area contributed by atoms with Gasteiger partial charge in [-0.05, 0) is 11.1 Å². The van der Waals surface area contributed by atoms with Gasteiger partial charge >= 0.3 is 0 Å². The maximum Gasteiger partial charge on any atom is 0.165 e. The van der Waals surface area contributed by atoms with E-state index >= 15 is 0 Å². The number of benzene rings is 2. The minimum Gasteiger partial charge on any atom is -0.385 e. The van der Waals surface area contributed by atoms with Crippen LogP contribution in [0, 0.1) is 0 Å². The van der Waals surface area contributed by atoms with Crippen LogP contribution in [-0.4, -0.2) is 17.0 Å². The Kier molecular flexibility index (Phi) is 4.26. The summed E-state index contributed by atoms with van der Waals surface area (Å²) in [7, 11) is 0. The second-order valence-electron chi connectivity index (χ2n) is 4.33. The van der Waals surface area contributed by atoms with Crippen molar-refractivity contribution < 1.29 is 9.90 Å². The van der Waals surface area contributed by atoms with Crippen molar-refractivity contribution in [3.8, 4) is 0 Å². The van der Waals surface area contributed by atoms with E-state index in [1.165, 1.54) is 0 Å². The molecular formula is C16H16O2. The quantitative estimate of drug-likeness (QED) is 0.871. The van der Waals surface area contributed by atoms with Crippen LogP contribution in [0.5, 0.6) is 0 Å². The molecular weight excluding hydrogens is 224 g/mol. The minimum absolute atomic E-state index is 0.134. The fraction of sp³-hybridized carbons (Fsp3) is 0.188. The fourth-order valence-corrected chi connectivity index (χ4v) is 1.87. The van der Waals surface area contributed by atoms with Gasteiger partial charge in [-0.15, -0.1) is 0 Å². The van der Waals surface area contributed by atoms with Crippen LogP contribution < -0.4 is 0 Å². The van der Waals surface area contributed by atoms with Gasteiger partial charge in [0.25, 0.3) is 0 Å². The Morgan fingerprint density at radius 1 is 0.889 bits per heavy atom. The highest BCUT2D eigenvalue weighted by Gasteiger charge is 2.15. The molecule has 0 spiro atoms. The van der Waals surface area contributed by atoms with E-state index in [4.69, 9.17) is 0 Å². The van der Waals surface area contributed by atoms with E-state index in [1.54, 1.807) is 0 Å². The summed E-state index contributed by atoms with van der Waals surface area (Å²) in [5.74, 6) is -0.134. The zero-order valence-corrected chi connectivity index (χ0v) is 10.1. The number of aliphatic hydroxyl groups is 1. The summed E-state index contributed by atoms with van der Waals surface area (Å²) in [4.78, 5) is 11.9. The summed E-state index contributed by atoms with van der Waals surface area (Å²) in [6.45, 7) is 0. The first-order chi connectivity index (χ1) is 8.75. The van der Waals surface area contributed by atoms with Crippen molar-refractivity contribution in [3.63, 3.8) is 0 Å². The summed E-state index contributed by atoms with van der Waals surface area (Å²) in [5.41, 5.74) is 1.92. The smallest absolute Gasteiger partial charge is 0.165 e. The molecule has 0 amide bonds. The topological polar surface area (TPSA) is 37.3 Å². The van der Waals surface area contributed by atoms with Crippen molar-refractivity contribution in [2.45, 2.75) is 18.9 Å². The maximum absolute atomic E-state index is 11.9. The van der Waals surface area contributed by atoms with Crippen molar-refractivity contribution in [2.75, 3.05) is 0 Å². The second-order valence-corrected chi connectivity index (χ2v) is 4.33. The molecule has 0 saturated carbocycles. The molecule has 0 fully saturated rings. The van der Waals surface area contributed by atoms with Gasteiger partial charge in [0.15, 0.2) is 5.78 Å². The van der Waals surface area contributed by atoms with Crippen LogP contribution in [0.25, 0.3) is 0 Å². The highest BCUT2D eigenvalue weighted by atomic mass is 16.3. The van der Waals surface area contributed by atoms with Crippen LogP contribution >= 0.6 is 0 Å².